The fourth-order valence-electron chi connectivity index (χ4n) is 2.41. The molecule has 1 unspecified atom stereocenters. The van der Waals surface area contributed by atoms with E-state index in [0.29, 0.717) is 6.10 Å². The summed E-state index contributed by atoms with van der Waals surface area (Å²) in [7, 11) is 1.93. The third-order valence-electron chi connectivity index (χ3n) is 3.74. The van der Waals surface area contributed by atoms with Gasteiger partial charge >= 0.3 is 0 Å². The van der Waals surface area contributed by atoms with Crippen LogP contribution in [0, 0.1) is 18.3 Å². The Balaban J connectivity index is 1.78. The van der Waals surface area contributed by atoms with Crippen LogP contribution in [0.5, 0.6) is 0 Å². The lowest BCUT2D eigenvalue weighted by Gasteiger charge is -2.10. The fraction of sp³-hybridized carbons (Fsp3) is 0.643. The van der Waals surface area contributed by atoms with Crippen molar-refractivity contribution in [2.45, 2.75) is 38.8 Å². The van der Waals surface area contributed by atoms with E-state index in [0.717, 1.165) is 37.5 Å². The first-order valence-corrected chi connectivity index (χ1v) is 6.60. The van der Waals surface area contributed by atoms with E-state index in [-0.39, 0.29) is 0 Å². The minimum atomic E-state index is 0.448. The fourth-order valence-corrected chi connectivity index (χ4v) is 2.41. The Morgan fingerprint density at radius 1 is 1.61 bits per heavy atom. The van der Waals surface area contributed by atoms with E-state index in [4.69, 9.17) is 10.00 Å². The van der Waals surface area contributed by atoms with E-state index in [1.54, 1.807) is 0 Å². The molecule has 1 aliphatic heterocycles. The number of aromatic nitrogens is 1. The number of nitrogens with zero attached hydrogens (tertiary/aromatic N) is 2. The Hall–Kier alpha value is -1.31. The molecule has 2 rings (SSSR count). The molecule has 4 heteroatoms. The van der Waals surface area contributed by atoms with Crippen LogP contribution in [-0.4, -0.2) is 23.8 Å². The van der Waals surface area contributed by atoms with Gasteiger partial charge in [-0.2, -0.15) is 5.26 Å². The molecule has 2 heterocycles. The van der Waals surface area contributed by atoms with Crippen LogP contribution in [0.1, 0.15) is 36.2 Å². The summed E-state index contributed by atoms with van der Waals surface area (Å²) in [5.41, 5.74) is 3.10. The standard InChI is InChI=1S/C14H21N3O/c1-11-12(8-13(9-15)17(11)2)10-16-6-5-14-4-3-7-18-14/h8,14,16H,3-7,10H2,1-2H3. The molecule has 1 fully saturated rings. The number of nitrogens with one attached hydrogen (secondary N) is 1. The summed E-state index contributed by atoms with van der Waals surface area (Å²) in [6.45, 7) is 4.78. The van der Waals surface area contributed by atoms with Crippen LogP contribution in [0.3, 0.4) is 0 Å². The van der Waals surface area contributed by atoms with E-state index < -0.39 is 0 Å². The summed E-state index contributed by atoms with van der Waals surface area (Å²) < 4.78 is 7.52. The van der Waals surface area contributed by atoms with E-state index in [2.05, 4.69) is 18.3 Å². The highest BCUT2D eigenvalue weighted by atomic mass is 16.5. The molecular weight excluding hydrogens is 226 g/mol. The Kier molecular flexibility index (Phi) is 4.40. The summed E-state index contributed by atoms with van der Waals surface area (Å²) >= 11 is 0. The Morgan fingerprint density at radius 3 is 3.06 bits per heavy atom. The molecule has 4 nitrogen and oxygen atoms in total. The second kappa shape index (κ2) is 6.03. The largest absolute Gasteiger partial charge is 0.378 e. The molecule has 0 amide bonds. The van der Waals surface area contributed by atoms with Crippen molar-refractivity contribution in [1.82, 2.24) is 9.88 Å². The average Bonchev–Trinajstić information content (AvgIpc) is 2.97. The van der Waals surface area contributed by atoms with Gasteiger partial charge in [-0.05, 0) is 44.4 Å². The second-order valence-electron chi connectivity index (χ2n) is 4.91. The van der Waals surface area contributed by atoms with Crippen LogP contribution in [0.2, 0.25) is 0 Å². The van der Waals surface area contributed by atoms with Gasteiger partial charge in [0.15, 0.2) is 0 Å². The van der Waals surface area contributed by atoms with E-state index >= 15 is 0 Å². The molecule has 0 bridgehead atoms. The Morgan fingerprint density at radius 2 is 2.44 bits per heavy atom. The molecule has 18 heavy (non-hydrogen) atoms. The first-order valence-electron chi connectivity index (χ1n) is 6.60. The molecular formula is C14H21N3O. The zero-order valence-corrected chi connectivity index (χ0v) is 11.2. The van der Waals surface area contributed by atoms with E-state index in [1.165, 1.54) is 18.4 Å². The Bertz CT molecular complexity index is 439. The molecule has 0 aromatic carbocycles. The first-order chi connectivity index (χ1) is 8.72. The lowest BCUT2D eigenvalue weighted by molar-refractivity contribution is 0.104. The van der Waals surface area contributed by atoms with Crippen molar-refractivity contribution in [3.05, 3.63) is 23.0 Å². The predicted molar refractivity (Wildman–Crippen MR) is 70.2 cm³/mol. The van der Waals surface area contributed by atoms with Gasteiger partial charge < -0.3 is 14.6 Å². The van der Waals surface area contributed by atoms with Gasteiger partial charge in [-0.25, -0.2) is 0 Å². The molecule has 98 valence electrons. The zero-order valence-electron chi connectivity index (χ0n) is 11.2. The van der Waals surface area contributed by atoms with Crippen LogP contribution in [0.4, 0.5) is 0 Å². The smallest absolute Gasteiger partial charge is 0.120 e. The first kappa shape index (κ1) is 13.1. The minimum Gasteiger partial charge on any atom is -0.378 e. The molecule has 0 aliphatic carbocycles. The average molecular weight is 247 g/mol. The van der Waals surface area contributed by atoms with Crippen LogP contribution >= 0.6 is 0 Å². The molecule has 1 aliphatic rings. The lowest BCUT2D eigenvalue weighted by Crippen LogP contribution is -2.20. The summed E-state index contributed by atoms with van der Waals surface area (Å²) in [5.74, 6) is 0. The van der Waals surface area contributed by atoms with Crippen molar-refractivity contribution >= 4 is 0 Å². The molecule has 1 saturated heterocycles. The molecule has 1 atom stereocenters. The highest BCUT2D eigenvalue weighted by molar-refractivity contribution is 5.33. The van der Waals surface area contributed by atoms with Gasteiger partial charge in [0.2, 0.25) is 0 Å². The van der Waals surface area contributed by atoms with E-state index in [1.807, 2.05) is 17.7 Å². The highest BCUT2D eigenvalue weighted by Crippen LogP contribution is 2.15. The molecule has 0 radical (unpaired) electrons. The molecule has 0 spiro atoms. The van der Waals surface area contributed by atoms with Crippen molar-refractivity contribution in [3.8, 4) is 6.07 Å². The van der Waals surface area contributed by atoms with Gasteiger partial charge in [0, 0.05) is 25.9 Å². The Labute approximate surface area is 109 Å². The second-order valence-corrected chi connectivity index (χ2v) is 4.91. The lowest BCUT2D eigenvalue weighted by atomic mass is 10.2. The van der Waals surface area contributed by atoms with Crippen LogP contribution in [-0.2, 0) is 18.3 Å². The quantitative estimate of drug-likeness (QED) is 0.808. The van der Waals surface area contributed by atoms with Crippen molar-refractivity contribution in [2.75, 3.05) is 13.2 Å². The normalized spacial score (nSPS) is 19.1. The van der Waals surface area contributed by atoms with Gasteiger partial charge in [0.25, 0.3) is 0 Å². The molecule has 1 aromatic heterocycles. The maximum absolute atomic E-state index is 8.96. The van der Waals surface area contributed by atoms with Gasteiger partial charge in [0.1, 0.15) is 11.8 Å². The van der Waals surface area contributed by atoms with Gasteiger partial charge in [-0.15, -0.1) is 0 Å². The molecule has 0 saturated carbocycles. The number of rotatable bonds is 5. The maximum atomic E-state index is 8.96. The van der Waals surface area contributed by atoms with Crippen LogP contribution < -0.4 is 5.32 Å². The zero-order chi connectivity index (χ0) is 13.0. The number of nitriles is 1. The highest BCUT2D eigenvalue weighted by Gasteiger charge is 2.14. The third-order valence-corrected chi connectivity index (χ3v) is 3.74. The monoisotopic (exact) mass is 247 g/mol. The van der Waals surface area contributed by atoms with Gasteiger partial charge in [-0.1, -0.05) is 0 Å². The van der Waals surface area contributed by atoms with Gasteiger partial charge in [0.05, 0.1) is 6.10 Å². The summed E-state index contributed by atoms with van der Waals surface area (Å²) in [6, 6.07) is 4.17. The number of hydrogen-bond donors (Lipinski definition) is 1. The van der Waals surface area contributed by atoms with E-state index in [9.17, 15) is 0 Å². The van der Waals surface area contributed by atoms with Gasteiger partial charge in [-0.3, -0.25) is 0 Å². The minimum absolute atomic E-state index is 0.448. The number of ether oxygens (including phenoxy) is 1. The molecule has 1 N–H and O–H groups in total. The maximum Gasteiger partial charge on any atom is 0.120 e. The number of hydrogen-bond acceptors (Lipinski definition) is 3. The topological polar surface area (TPSA) is 50.0 Å². The summed E-state index contributed by atoms with van der Waals surface area (Å²) in [5, 5.41) is 12.4. The predicted octanol–water partition coefficient (Wildman–Crippen LogP) is 1.86. The van der Waals surface area contributed by atoms with Crippen molar-refractivity contribution in [1.29, 1.82) is 5.26 Å². The van der Waals surface area contributed by atoms with Crippen LogP contribution in [0.15, 0.2) is 6.07 Å². The van der Waals surface area contributed by atoms with Crippen LogP contribution in [0.25, 0.3) is 0 Å². The molecule has 1 aromatic rings. The SMILES string of the molecule is Cc1c(CNCCC2CCCO2)cc(C#N)n1C. The van der Waals surface area contributed by atoms with Crippen molar-refractivity contribution in [3.63, 3.8) is 0 Å². The summed E-state index contributed by atoms with van der Waals surface area (Å²) in [6.07, 6.45) is 3.93. The third kappa shape index (κ3) is 2.92. The van der Waals surface area contributed by atoms with Crippen molar-refractivity contribution < 1.29 is 4.74 Å². The summed E-state index contributed by atoms with van der Waals surface area (Å²) in [4.78, 5) is 0. The van der Waals surface area contributed by atoms with Crippen molar-refractivity contribution in [2.24, 2.45) is 7.05 Å².